The van der Waals surface area contributed by atoms with E-state index in [2.05, 4.69) is 12.2 Å². The van der Waals surface area contributed by atoms with Crippen LogP contribution >= 0.6 is 0 Å². The molecular weight excluding hydrogens is 274 g/mol. The molecule has 5 rings (SSSR count). The fourth-order valence-corrected chi connectivity index (χ4v) is 5.75. The molecule has 118 valence electrons. The van der Waals surface area contributed by atoms with E-state index in [4.69, 9.17) is 0 Å². The van der Waals surface area contributed by atoms with Gasteiger partial charge in [-0.15, -0.1) is 0 Å². The fraction of sp³-hybridized carbons (Fsp3) is 0.632. The summed E-state index contributed by atoms with van der Waals surface area (Å²) in [7, 11) is 0. The highest BCUT2D eigenvalue weighted by Crippen LogP contribution is 2.61. The summed E-state index contributed by atoms with van der Waals surface area (Å²) in [5.41, 5.74) is 0.968. The average Bonchev–Trinajstić information content (AvgIpc) is 2.46. The van der Waals surface area contributed by atoms with Gasteiger partial charge in [0.2, 0.25) is 0 Å². The van der Waals surface area contributed by atoms with Crippen LogP contribution in [0.4, 0.5) is 0 Å². The van der Waals surface area contributed by atoms with E-state index >= 15 is 0 Å². The van der Waals surface area contributed by atoms with Gasteiger partial charge in [0, 0.05) is 11.6 Å². The van der Waals surface area contributed by atoms with Gasteiger partial charge in [0.15, 0.2) is 0 Å². The summed E-state index contributed by atoms with van der Waals surface area (Å²) in [4.78, 5) is 12.5. The SMILES string of the molecule is CC(NC(=O)c1ccc(O)cc1)C12CC3CC(CC(C3)C1)C2. The van der Waals surface area contributed by atoms with E-state index in [1.807, 2.05) is 0 Å². The Balaban J connectivity index is 1.49. The zero-order valence-electron chi connectivity index (χ0n) is 13.2. The van der Waals surface area contributed by atoms with E-state index in [9.17, 15) is 9.90 Å². The highest BCUT2D eigenvalue weighted by molar-refractivity contribution is 5.94. The van der Waals surface area contributed by atoms with Gasteiger partial charge in [0.25, 0.3) is 5.91 Å². The first-order valence-corrected chi connectivity index (χ1v) is 8.64. The van der Waals surface area contributed by atoms with Gasteiger partial charge in [-0.1, -0.05) is 0 Å². The lowest BCUT2D eigenvalue weighted by Gasteiger charge is -2.59. The molecule has 4 aliphatic carbocycles. The van der Waals surface area contributed by atoms with Gasteiger partial charge in [0.05, 0.1) is 0 Å². The van der Waals surface area contributed by atoms with Crippen molar-refractivity contribution >= 4 is 5.91 Å². The molecule has 4 bridgehead atoms. The van der Waals surface area contributed by atoms with Crippen molar-refractivity contribution in [2.75, 3.05) is 0 Å². The van der Waals surface area contributed by atoms with Gasteiger partial charge in [-0.2, -0.15) is 0 Å². The number of carbonyl (C=O) groups is 1. The van der Waals surface area contributed by atoms with Crippen LogP contribution < -0.4 is 5.32 Å². The number of benzene rings is 1. The van der Waals surface area contributed by atoms with E-state index in [1.54, 1.807) is 24.3 Å². The summed E-state index contributed by atoms with van der Waals surface area (Å²) in [6.07, 6.45) is 8.19. The first kappa shape index (κ1) is 14.1. The summed E-state index contributed by atoms with van der Waals surface area (Å²) in [6, 6.07) is 6.77. The second-order valence-corrected chi connectivity index (χ2v) is 8.02. The van der Waals surface area contributed by atoms with Crippen LogP contribution in [-0.4, -0.2) is 17.1 Å². The van der Waals surface area contributed by atoms with Gasteiger partial charge in [0.1, 0.15) is 5.75 Å². The van der Waals surface area contributed by atoms with Crippen LogP contribution in [0.25, 0.3) is 0 Å². The molecular formula is C19H25NO2. The molecule has 1 atom stereocenters. The third-order valence-corrected chi connectivity index (χ3v) is 6.48. The van der Waals surface area contributed by atoms with E-state index < -0.39 is 0 Å². The van der Waals surface area contributed by atoms with Crippen LogP contribution in [0.2, 0.25) is 0 Å². The highest BCUT2D eigenvalue weighted by Gasteiger charge is 2.53. The van der Waals surface area contributed by atoms with Crippen molar-refractivity contribution in [3.05, 3.63) is 29.8 Å². The van der Waals surface area contributed by atoms with Crippen molar-refractivity contribution in [3.8, 4) is 5.75 Å². The lowest BCUT2D eigenvalue weighted by Crippen LogP contribution is -2.55. The second-order valence-electron chi connectivity index (χ2n) is 8.02. The quantitative estimate of drug-likeness (QED) is 0.893. The largest absolute Gasteiger partial charge is 0.508 e. The molecule has 4 fully saturated rings. The summed E-state index contributed by atoms with van der Waals surface area (Å²) in [5, 5.41) is 12.6. The Hall–Kier alpha value is -1.51. The summed E-state index contributed by atoms with van der Waals surface area (Å²) < 4.78 is 0. The van der Waals surface area contributed by atoms with Crippen LogP contribution in [0.1, 0.15) is 55.8 Å². The molecule has 3 nitrogen and oxygen atoms in total. The van der Waals surface area contributed by atoms with E-state index in [-0.39, 0.29) is 17.7 Å². The van der Waals surface area contributed by atoms with E-state index in [1.165, 1.54) is 38.5 Å². The maximum atomic E-state index is 12.5. The third kappa shape index (κ3) is 2.31. The molecule has 0 radical (unpaired) electrons. The molecule has 22 heavy (non-hydrogen) atoms. The number of rotatable bonds is 3. The maximum absolute atomic E-state index is 12.5. The predicted octanol–water partition coefficient (Wildman–Crippen LogP) is 3.73. The van der Waals surface area contributed by atoms with Gasteiger partial charge in [-0.25, -0.2) is 0 Å². The first-order valence-electron chi connectivity index (χ1n) is 8.64. The van der Waals surface area contributed by atoms with Crippen molar-refractivity contribution in [1.29, 1.82) is 0 Å². The first-order chi connectivity index (χ1) is 10.5. The highest BCUT2D eigenvalue weighted by atomic mass is 16.3. The Kier molecular flexibility index (Phi) is 3.21. The van der Waals surface area contributed by atoms with Crippen molar-refractivity contribution < 1.29 is 9.90 Å². The number of aromatic hydroxyl groups is 1. The number of hydrogen-bond acceptors (Lipinski definition) is 2. The van der Waals surface area contributed by atoms with Crippen molar-refractivity contribution in [1.82, 2.24) is 5.32 Å². The molecule has 4 saturated carbocycles. The molecule has 1 aromatic rings. The molecule has 0 aliphatic heterocycles. The molecule has 1 aromatic carbocycles. The minimum absolute atomic E-state index is 0.0109. The summed E-state index contributed by atoms with van der Waals surface area (Å²) in [6.45, 7) is 2.20. The molecule has 0 heterocycles. The van der Waals surface area contributed by atoms with Crippen LogP contribution in [0.5, 0.6) is 5.75 Å². The van der Waals surface area contributed by atoms with E-state index in [0.29, 0.717) is 11.0 Å². The van der Waals surface area contributed by atoms with E-state index in [0.717, 1.165) is 17.8 Å². The van der Waals surface area contributed by atoms with Crippen LogP contribution in [0.3, 0.4) is 0 Å². The number of hydrogen-bond donors (Lipinski definition) is 2. The lowest BCUT2D eigenvalue weighted by atomic mass is 9.48. The topological polar surface area (TPSA) is 49.3 Å². The molecule has 0 spiro atoms. The number of carbonyl (C=O) groups excluding carboxylic acids is 1. The Labute approximate surface area is 132 Å². The van der Waals surface area contributed by atoms with Gasteiger partial charge in [-0.3, -0.25) is 4.79 Å². The smallest absolute Gasteiger partial charge is 0.251 e. The van der Waals surface area contributed by atoms with Crippen LogP contribution in [0, 0.1) is 23.2 Å². The Morgan fingerprint density at radius 2 is 1.59 bits per heavy atom. The number of phenolic OH excluding ortho intramolecular Hbond substituents is 1. The molecule has 3 heteroatoms. The van der Waals surface area contributed by atoms with Gasteiger partial charge < -0.3 is 10.4 Å². The normalized spacial score (nSPS) is 37.0. The molecule has 0 aromatic heterocycles. The molecule has 1 amide bonds. The lowest BCUT2D eigenvalue weighted by molar-refractivity contribution is -0.0688. The van der Waals surface area contributed by atoms with Gasteiger partial charge in [-0.05, 0) is 92.9 Å². The van der Waals surface area contributed by atoms with Gasteiger partial charge >= 0.3 is 0 Å². The van der Waals surface area contributed by atoms with Crippen LogP contribution in [0.15, 0.2) is 24.3 Å². The monoisotopic (exact) mass is 299 g/mol. The zero-order chi connectivity index (χ0) is 15.3. The Morgan fingerprint density at radius 1 is 1.09 bits per heavy atom. The second kappa shape index (κ2) is 5.00. The van der Waals surface area contributed by atoms with Crippen molar-refractivity contribution in [3.63, 3.8) is 0 Å². The Bertz CT molecular complexity index is 542. The fourth-order valence-electron chi connectivity index (χ4n) is 5.75. The predicted molar refractivity (Wildman–Crippen MR) is 85.6 cm³/mol. The standard InChI is InChI=1S/C19H25NO2/c1-12(20-18(22)16-2-4-17(21)5-3-16)19-9-13-6-14(10-19)8-15(7-13)11-19/h2-5,12-15,21H,6-11H2,1H3,(H,20,22). The summed E-state index contributed by atoms with van der Waals surface area (Å²) in [5.74, 6) is 2.90. The number of amides is 1. The summed E-state index contributed by atoms with van der Waals surface area (Å²) >= 11 is 0. The number of phenols is 1. The number of nitrogens with one attached hydrogen (secondary N) is 1. The molecule has 0 saturated heterocycles. The maximum Gasteiger partial charge on any atom is 0.251 e. The average molecular weight is 299 g/mol. The zero-order valence-corrected chi connectivity index (χ0v) is 13.2. The molecule has 2 N–H and O–H groups in total. The minimum atomic E-state index is -0.0109. The minimum Gasteiger partial charge on any atom is -0.508 e. The Morgan fingerprint density at radius 3 is 2.09 bits per heavy atom. The van der Waals surface area contributed by atoms with Crippen molar-refractivity contribution in [2.24, 2.45) is 23.2 Å². The molecule has 1 unspecified atom stereocenters. The molecule has 4 aliphatic rings. The third-order valence-electron chi connectivity index (χ3n) is 6.48. The van der Waals surface area contributed by atoms with Crippen LogP contribution in [-0.2, 0) is 0 Å². The van der Waals surface area contributed by atoms with Crippen molar-refractivity contribution in [2.45, 2.75) is 51.5 Å².